The summed E-state index contributed by atoms with van der Waals surface area (Å²) in [5, 5.41) is 0.768. The molecule has 0 aliphatic rings. The Morgan fingerprint density at radius 3 is 1.97 bits per heavy atom. The molecule has 1 unspecified atom stereocenters. The van der Waals surface area contributed by atoms with Crippen molar-refractivity contribution < 1.29 is 0 Å². The molecule has 0 aliphatic heterocycles. The van der Waals surface area contributed by atoms with Gasteiger partial charge in [-0.25, -0.2) is 9.97 Å². The largest absolute Gasteiger partial charge is 0.348 e. The first-order valence-electron chi connectivity index (χ1n) is 12.6. The summed E-state index contributed by atoms with van der Waals surface area (Å²) in [4.78, 5) is 22.0. The molecule has 4 aromatic rings. The van der Waals surface area contributed by atoms with Crippen molar-refractivity contribution >= 4 is 11.6 Å². The minimum absolute atomic E-state index is 0.256. The summed E-state index contributed by atoms with van der Waals surface area (Å²) in [6, 6.07) is 14.4. The van der Waals surface area contributed by atoms with Gasteiger partial charge in [0.15, 0.2) is 0 Å². The number of H-pyrrole nitrogens is 2. The average Bonchev–Trinajstić information content (AvgIpc) is 3.60. The van der Waals surface area contributed by atoms with Gasteiger partial charge in [-0.1, -0.05) is 29.8 Å². The van der Waals surface area contributed by atoms with Crippen molar-refractivity contribution in [2.75, 3.05) is 19.6 Å². The Labute approximate surface area is 213 Å². The molecule has 3 heterocycles. The molecule has 0 bridgehead atoms. The second kappa shape index (κ2) is 13.8. The SMILES string of the molecule is Clc1ccc(C(CCN(CCCCc2cnc[nH]2)CCCCc2cnc[nH]2)c2ccccn2)cc1. The fraction of sp³-hybridized carbons (Fsp3) is 0.393. The first kappa shape index (κ1) is 25.1. The van der Waals surface area contributed by atoms with Gasteiger partial charge in [-0.05, 0) is 94.4 Å². The molecule has 4 rings (SSSR count). The number of imidazole rings is 2. The van der Waals surface area contributed by atoms with E-state index in [9.17, 15) is 0 Å². The highest BCUT2D eigenvalue weighted by Crippen LogP contribution is 2.28. The molecule has 0 saturated carbocycles. The Balaban J connectivity index is 1.35. The number of hydrogen-bond donors (Lipinski definition) is 2. The van der Waals surface area contributed by atoms with Gasteiger partial charge in [0.05, 0.1) is 12.7 Å². The van der Waals surface area contributed by atoms with Crippen LogP contribution in [-0.4, -0.2) is 49.5 Å². The van der Waals surface area contributed by atoms with Gasteiger partial charge in [0.2, 0.25) is 0 Å². The van der Waals surface area contributed by atoms with Gasteiger partial charge in [-0.2, -0.15) is 0 Å². The zero-order valence-electron chi connectivity index (χ0n) is 20.2. The van der Waals surface area contributed by atoms with Crippen molar-refractivity contribution in [3.8, 4) is 0 Å². The van der Waals surface area contributed by atoms with Crippen molar-refractivity contribution in [3.05, 3.63) is 101 Å². The Morgan fingerprint density at radius 1 is 0.771 bits per heavy atom. The topological polar surface area (TPSA) is 73.5 Å². The van der Waals surface area contributed by atoms with Gasteiger partial charge in [0.1, 0.15) is 0 Å². The second-order valence-corrected chi connectivity index (χ2v) is 9.49. The molecule has 1 aromatic carbocycles. The first-order valence-corrected chi connectivity index (χ1v) is 13.0. The zero-order chi connectivity index (χ0) is 24.1. The summed E-state index contributed by atoms with van der Waals surface area (Å²) < 4.78 is 0. The third kappa shape index (κ3) is 8.34. The maximum Gasteiger partial charge on any atom is 0.0921 e. The standard InChI is InChI=1S/C28H35ClN6/c29-24-12-10-23(11-13-24)27(28-9-1-4-15-32-28)14-18-35(16-5-2-7-25-19-30-21-33-25)17-6-3-8-26-20-31-22-34-26/h1,4,9-13,15,19-22,27H,2-3,5-8,14,16-18H2,(H,30,33)(H,31,34). The van der Waals surface area contributed by atoms with Crippen molar-refractivity contribution in [1.29, 1.82) is 0 Å². The number of benzene rings is 1. The summed E-state index contributed by atoms with van der Waals surface area (Å²) in [6.45, 7) is 3.25. The highest BCUT2D eigenvalue weighted by atomic mass is 35.5. The summed E-state index contributed by atoms with van der Waals surface area (Å²) in [5.41, 5.74) is 4.82. The third-order valence-corrected chi connectivity index (χ3v) is 6.75. The number of aryl methyl sites for hydroxylation is 2. The number of halogens is 1. The van der Waals surface area contributed by atoms with Crippen LogP contribution in [0, 0.1) is 0 Å². The second-order valence-electron chi connectivity index (χ2n) is 9.06. The van der Waals surface area contributed by atoms with Gasteiger partial charge < -0.3 is 14.9 Å². The van der Waals surface area contributed by atoms with E-state index in [2.05, 4.69) is 49.1 Å². The molecule has 0 radical (unpaired) electrons. The molecule has 0 spiro atoms. The van der Waals surface area contributed by atoms with Crippen LogP contribution in [-0.2, 0) is 12.8 Å². The number of nitrogens with one attached hydrogen (secondary N) is 2. The van der Waals surface area contributed by atoms with E-state index < -0.39 is 0 Å². The Morgan fingerprint density at radius 2 is 1.43 bits per heavy atom. The van der Waals surface area contributed by atoms with Crippen LogP contribution in [0.5, 0.6) is 0 Å². The Bertz CT molecular complexity index is 1020. The molecule has 0 fully saturated rings. The van der Waals surface area contributed by atoms with Crippen LogP contribution in [0.3, 0.4) is 0 Å². The average molecular weight is 491 g/mol. The van der Waals surface area contributed by atoms with Crippen LogP contribution in [0.1, 0.15) is 60.7 Å². The lowest BCUT2D eigenvalue weighted by molar-refractivity contribution is 0.255. The number of pyridine rings is 1. The number of aromatic nitrogens is 5. The normalized spacial score (nSPS) is 12.3. The predicted octanol–water partition coefficient (Wildman–Crippen LogP) is 6.05. The highest BCUT2D eigenvalue weighted by molar-refractivity contribution is 6.30. The fourth-order valence-corrected chi connectivity index (χ4v) is 4.68. The lowest BCUT2D eigenvalue weighted by Crippen LogP contribution is -2.29. The monoisotopic (exact) mass is 490 g/mol. The third-order valence-electron chi connectivity index (χ3n) is 6.50. The number of unbranched alkanes of at least 4 members (excludes halogenated alkanes) is 2. The molecular formula is C28H35ClN6. The van der Waals surface area contributed by atoms with Crippen LogP contribution < -0.4 is 0 Å². The van der Waals surface area contributed by atoms with E-state index in [1.807, 2.05) is 36.8 Å². The minimum Gasteiger partial charge on any atom is -0.348 e. The van der Waals surface area contributed by atoms with Crippen molar-refractivity contribution in [2.24, 2.45) is 0 Å². The van der Waals surface area contributed by atoms with Crippen molar-refractivity contribution in [1.82, 2.24) is 29.8 Å². The molecule has 7 heteroatoms. The van der Waals surface area contributed by atoms with Gasteiger partial charge in [0, 0.05) is 46.6 Å². The molecular weight excluding hydrogens is 456 g/mol. The quantitative estimate of drug-likeness (QED) is 0.199. The molecule has 184 valence electrons. The lowest BCUT2D eigenvalue weighted by atomic mass is 9.91. The molecule has 0 amide bonds. The lowest BCUT2D eigenvalue weighted by Gasteiger charge is -2.25. The summed E-state index contributed by atoms with van der Waals surface area (Å²) in [6.07, 6.45) is 17.1. The van der Waals surface area contributed by atoms with Crippen molar-refractivity contribution in [3.63, 3.8) is 0 Å². The summed E-state index contributed by atoms with van der Waals surface area (Å²) in [7, 11) is 0. The molecule has 2 N–H and O–H groups in total. The molecule has 0 saturated heterocycles. The van der Waals surface area contributed by atoms with E-state index in [1.165, 1.54) is 29.8 Å². The number of aromatic amines is 2. The van der Waals surface area contributed by atoms with Gasteiger partial charge in [-0.3, -0.25) is 4.98 Å². The number of nitrogens with zero attached hydrogens (tertiary/aromatic N) is 4. The fourth-order valence-electron chi connectivity index (χ4n) is 4.55. The van der Waals surface area contributed by atoms with E-state index in [0.29, 0.717) is 0 Å². The van der Waals surface area contributed by atoms with E-state index in [0.717, 1.165) is 62.5 Å². The van der Waals surface area contributed by atoms with Gasteiger partial charge in [0.25, 0.3) is 0 Å². The first-order chi connectivity index (χ1) is 17.3. The van der Waals surface area contributed by atoms with Crippen LogP contribution in [0.4, 0.5) is 0 Å². The van der Waals surface area contributed by atoms with E-state index in [1.54, 1.807) is 12.7 Å². The Hall–Kier alpha value is -2.96. The predicted molar refractivity (Wildman–Crippen MR) is 142 cm³/mol. The van der Waals surface area contributed by atoms with Gasteiger partial charge in [-0.15, -0.1) is 0 Å². The number of hydrogen-bond acceptors (Lipinski definition) is 4. The minimum atomic E-state index is 0.256. The maximum absolute atomic E-state index is 6.17. The summed E-state index contributed by atoms with van der Waals surface area (Å²) in [5.74, 6) is 0.256. The molecule has 1 atom stereocenters. The molecule has 6 nitrogen and oxygen atoms in total. The highest BCUT2D eigenvalue weighted by Gasteiger charge is 2.17. The van der Waals surface area contributed by atoms with Crippen LogP contribution in [0.25, 0.3) is 0 Å². The van der Waals surface area contributed by atoms with Crippen molar-refractivity contribution in [2.45, 2.75) is 50.9 Å². The van der Waals surface area contributed by atoms with E-state index >= 15 is 0 Å². The zero-order valence-corrected chi connectivity index (χ0v) is 21.0. The van der Waals surface area contributed by atoms with Gasteiger partial charge >= 0.3 is 0 Å². The van der Waals surface area contributed by atoms with Crippen LogP contribution in [0.15, 0.2) is 73.7 Å². The Kier molecular flexibility index (Phi) is 9.92. The van der Waals surface area contributed by atoms with Crippen LogP contribution >= 0.6 is 11.6 Å². The van der Waals surface area contributed by atoms with Crippen LogP contribution in [0.2, 0.25) is 5.02 Å². The van der Waals surface area contributed by atoms with E-state index in [4.69, 9.17) is 16.6 Å². The molecule has 35 heavy (non-hydrogen) atoms. The number of rotatable bonds is 15. The smallest absolute Gasteiger partial charge is 0.0921 e. The summed E-state index contributed by atoms with van der Waals surface area (Å²) >= 11 is 6.17. The maximum atomic E-state index is 6.17. The van der Waals surface area contributed by atoms with E-state index in [-0.39, 0.29) is 5.92 Å². The molecule has 3 aromatic heterocycles. The molecule has 0 aliphatic carbocycles.